The summed E-state index contributed by atoms with van der Waals surface area (Å²) in [7, 11) is -3.45. The van der Waals surface area contributed by atoms with E-state index in [1.807, 2.05) is 13.8 Å². The fourth-order valence-corrected chi connectivity index (χ4v) is 2.01. The van der Waals surface area contributed by atoms with Gasteiger partial charge in [0.15, 0.2) is 0 Å². The van der Waals surface area contributed by atoms with Gasteiger partial charge in [-0.2, -0.15) is 0 Å². The molecule has 0 saturated heterocycles. The van der Waals surface area contributed by atoms with Crippen LogP contribution in [0.15, 0.2) is 0 Å². The number of ether oxygens (including phenoxy) is 1. The van der Waals surface area contributed by atoms with Gasteiger partial charge in [-0.3, -0.25) is 4.79 Å². The first kappa shape index (κ1) is 16.3. The molecule has 0 aliphatic carbocycles. The Labute approximate surface area is 102 Å². The molecule has 0 aliphatic rings. The number of nitrogens with one attached hydrogen (secondary N) is 1. The first-order valence-corrected chi connectivity index (χ1v) is 7.25. The number of aliphatic carboxylic acids is 1. The molecule has 7 heteroatoms. The van der Waals surface area contributed by atoms with Gasteiger partial charge < -0.3 is 9.84 Å². The zero-order chi connectivity index (χ0) is 13.5. The van der Waals surface area contributed by atoms with Crippen molar-refractivity contribution in [3.05, 3.63) is 0 Å². The van der Waals surface area contributed by atoms with E-state index < -0.39 is 21.9 Å². The van der Waals surface area contributed by atoms with Crippen molar-refractivity contribution < 1.29 is 23.1 Å². The Bertz CT molecular complexity index is 326. The van der Waals surface area contributed by atoms with Crippen LogP contribution >= 0.6 is 0 Å². The van der Waals surface area contributed by atoms with Crippen molar-refractivity contribution in [1.29, 1.82) is 0 Å². The predicted molar refractivity (Wildman–Crippen MR) is 64.3 cm³/mol. The minimum Gasteiger partial charge on any atom is -0.481 e. The molecule has 1 atom stereocenters. The predicted octanol–water partition coefficient (Wildman–Crippen LogP) is 0.442. The van der Waals surface area contributed by atoms with Gasteiger partial charge in [0, 0.05) is 6.54 Å². The smallest absolute Gasteiger partial charge is 0.307 e. The van der Waals surface area contributed by atoms with Crippen molar-refractivity contribution in [2.45, 2.75) is 33.3 Å². The van der Waals surface area contributed by atoms with E-state index in [-0.39, 0.29) is 25.0 Å². The van der Waals surface area contributed by atoms with E-state index in [2.05, 4.69) is 4.72 Å². The van der Waals surface area contributed by atoms with E-state index in [1.54, 1.807) is 6.92 Å². The maximum Gasteiger partial charge on any atom is 0.307 e. The quantitative estimate of drug-likeness (QED) is 0.632. The standard InChI is InChI=1S/C10H21NO5S/c1-4-9(10(12)13)7-11-17(14,15)6-5-16-8(2)3/h8-9,11H,4-7H2,1-3H3,(H,12,13). The van der Waals surface area contributed by atoms with Gasteiger partial charge in [0.05, 0.1) is 24.4 Å². The van der Waals surface area contributed by atoms with E-state index in [0.29, 0.717) is 6.42 Å². The van der Waals surface area contributed by atoms with E-state index in [1.165, 1.54) is 0 Å². The Morgan fingerprint density at radius 1 is 1.41 bits per heavy atom. The molecule has 102 valence electrons. The zero-order valence-corrected chi connectivity index (χ0v) is 11.3. The van der Waals surface area contributed by atoms with Gasteiger partial charge in [-0.15, -0.1) is 0 Å². The normalized spacial score (nSPS) is 13.9. The number of hydrogen-bond donors (Lipinski definition) is 2. The summed E-state index contributed by atoms with van der Waals surface area (Å²) in [6.07, 6.45) is 0.369. The van der Waals surface area contributed by atoms with Crippen LogP contribution in [0.4, 0.5) is 0 Å². The number of carboxylic acid groups (broad SMARTS) is 1. The van der Waals surface area contributed by atoms with Crippen molar-refractivity contribution in [3.8, 4) is 0 Å². The van der Waals surface area contributed by atoms with Crippen LogP contribution in [0.5, 0.6) is 0 Å². The van der Waals surface area contributed by atoms with Gasteiger partial charge in [-0.05, 0) is 20.3 Å². The second-order valence-corrected chi connectivity index (χ2v) is 5.96. The molecule has 0 heterocycles. The molecule has 0 spiro atoms. The Kier molecular flexibility index (Phi) is 7.33. The van der Waals surface area contributed by atoms with Gasteiger partial charge >= 0.3 is 5.97 Å². The summed E-state index contributed by atoms with van der Waals surface area (Å²) in [5, 5.41) is 8.76. The maximum absolute atomic E-state index is 11.5. The first-order chi connectivity index (χ1) is 7.78. The average molecular weight is 267 g/mol. The van der Waals surface area contributed by atoms with Gasteiger partial charge in [0.1, 0.15) is 0 Å². The summed E-state index contributed by atoms with van der Waals surface area (Å²) < 4.78 is 30.3. The molecule has 0 bridgehead atoms. The number of sulfonamides is 1. The lowest BCUT2D eigenvalue weighted by Gasteiger charge is -2.12. The topological polar surface area (TPSA) is 92.7 Å². The third-order valence-electron chi connectivity index (χ3n) is 2.19. The van der Waals surface area contributed by atoms with Crippen LogP contribution in [0, 0.1) is 5.92 Å². The Balaban J connectivity index is 4.04. The highest BCUT2D eigenvalue weighted by Crippen LogP contribution is 2.01. The lowest BCUT2D eigenvalue weighted by atomic mass is 10.1. The molecule has 0 aromatic rings. The maximum atomic E-state index is 11.5. The minimum absolute atomic E-state index is 0.0207. The lowest BCUT2D eigenvalue weighted by molar-refractivity contribution is -0.141. The van der Waals surface area contributed by atoms with E-state index in [0.717, 1.165) is 0 Å². The largest absolute Gasteiger partial charge is 0.481 e. The van der Waals surface area contributed by atoms with Gasteiger partial charge in [-0.1, -0.05) is 6.92 Å². The second kappa shape index (κ2) is 7.62. The van der Waals surface area contributed by atoms with Crippen molar-refractivity contribution in [2.24, 2.45) is 5.92 Å². The molecule has 1 unspecified atom stereocenters. The van der Waals surface area contributed by atoms with Crippen molar-refractivity contribution in [2.75, 3.05) is 18.9 Å². The molecule has 0 aromatic heterocycles. The van der Waals surface area contributed by atoms with Crippen molar-refractivity contribution in [1.82, 2.24) is 4.72 Å². The molecular formula is C10H21NO5S. The van der Waals surface area contributed by atoms with E-state index in [4.69, 9.17) is 9.84 Å². The summed E-state index contributed by atoms with van der Waals surface area (Å²) in [5.74, 6) is -1.83. The number of hydrogen-bond acceptors (Lipinski definition) is 4. The summed E-state index contributed by atoms with van der Waals surface area (Å²) >= 11 is 0. The Morgan fingerprint density at radius 3 is 2.41 bits per heavy atom. The van der Waals surface area contributed by atoms with Crippen LogP contribution in [-0.2, 0) is 19.6 Å². The molecule has 0 fully saturated rings. The highest BCUT2D eigenvalue weighted by Gasteiger charge is 2.18. The van der Waals surface area contributed by atoms with Crippen LogP contribution in [0.3, 0.4) is 0 Å². The van der Waals surface area contributed by atoms with Gasteiger partial charge in [0.25, 0.3) is 0 Å². The van der Waals surface area contributed by atoms with Crippen LogP contribution < -0.4 is 4.72 Å². The molecule has 0 radical (unpaired) electrons. The molecule has 0 aromatic carbocycles. The zero-order valence-electron chi connectivity index (χ0n) is 10.5. The molecule has 2 N–H and O–H groups in total. The second-order valence-electron chi connectivity index (χ2n) is 4.03. The van der Waals surface area contributed by atoms with Crippen molar-refractivity contribution in [3.63, 3.8) is 0 Å². The Hall–Kier alpha value is -0.660. The highest BCUT2D eigenvalue weighted by molar-refractivity contribution is 7.89. The summed E-state index contributed by atoms with van der Waals surface area (Å²) in [5.41, 5.74) is 0. The fraction of sp³-hybridized carbons (Fsp3) is 0.900. The average Bonchev–Trinajstić information content (AvgIpc) is 2.16. The number of rotatable bonds is 9. The van der Waals surface area contributed by atoms with E-state index in [9.17, 15) is 13.2 Å². The van der Waals surface area contributed by atoms with Crippen LogP contribution in [0.25, 0.3) is 0 Å². The van der Waals surface area contributed by atoms with Crippen LogP contribution in [0.2, 0.25) is 0 Å². The van der Waals surface area contributed by atoms with Crippen LogP contribution in [-0.4, -0.2) is 44.5 Å². The van der Waals surface area contributed by atoms with Gasteiger partial charge in [-0.25, -0.2) is 13.1 Å². The monoisotopic (exact) mass is 267 g/mol. The molecule has 0 amide bonds. The SMILES string of the molecule is CCC(CNS(=O)(=O)CCOC(C)C)C(=O)O. The fourth-order valence-electron chi connectivity index (χ4n) is 1.10. The third-order valence-corrected chi connectivity index (χ3v) is 3.51. The van der Waals surface area contributed by atoms with Crippen LogP contribution in [0.1, 0.15) is 27.2 Å². The molecule has 17 heavy (non-hydrogen) atoms. The first-order valence-electron chi connectivity index (χ1n) is 5.60. The minimum atomic E-state index is -3.45. The lowest BCUT2D eigenvalue weighted by Crippen LogP contribution is -2.35. The van der Waals surface area contributed by atoms with Gasteiger partial charge in [0.2, 0.25) is 10.0 Å². The molecule has 0 aliphatic heterocycles. The van der Waals surface area contributed by atoms with E-state index >= 15 is 0 Å². The number of carbonyl (C=O) groups is 1. The summed E-state index contributed by atoms with van der Waals surface area (Å²) in [4.78, 5) is 10.7. The molecule has 0 saturated carbocycles. The summed E-state index contributed by atoms with van der Waals surface area (Å²) in [6, 6.07) is 0. The summed E-state index contributed by atoms with van der Waals surface area (Å²) in [6.45, 7) is 5.37. The third kappa shape index (κ3) is 8.12. The Morgan fingerprint density at radius 2 is 2.00 bits per heavy atom. The molecule has 0 rings (SSSR count). The molecule has 6 nitrogen and oxygen atoms in total. The number of carboxylic acids is 1. The van der Waals surface area contributed by atoms with Crippen molar-refractivity contribution >= 4 is 16.0 Å². The highest BCUT2D eigenvalue weighted by atomic mass is 32.2. The molecular weight excluding hydrogens is 246 g/mol.